The third-order valence-corrected chi connectivity index (χ3v) is 6.11. The van der Waals surface area contributed by atoms with Crippen molar-refractivity contribution in [2.24, 2.45) is 0 Å². The fourth-order valence-electron chi connectivity index (χ4n) is 3.33. The van der Waals surface area contributed by atoms with Gasteiger partial charge in [0, 0.05) is 23.6 Å². The number of rotatable bonds is 7. The normalized spacial score (nSPS) is 11.4. The Labute approximate surface area is 195 Å². The molecule has 0 saturated carbocycles. The van der Waals surface area contributed by atoms with Crippen LogP contribution in [0.5, 0.6) is 0 Å². The van der Waals surface area contributed by atoms with Crippen LogP contribution in [0.2, 0.25) is 0 Å². The Bertz CT molecular complexity index is 1260. The van der Waals surface area contributed by atoms with Gasteiger partial charge in [-0.3, -0.25) is 0 Å². The number of nitrogen functional groups attached to an aromatic ring is 1. The molecule has 0 fully saturated rings. The SMILES string of the molecule is Nc1cccc(CNC(=O)Nc2ccc(NS(=O)c3ccccc3-c3ccccc3)cc2)c1. The number of hydrogen-bond acceptors (Lipinski definition) is 3. The van der Waals surface area contributed by atoms with Crippen molar-refractivity contribution in [3.05, 3.63) is 109 Å². The van der Waals surface area contributed by atoms with E-state index >= 15 is 0 Å². The van der Waals surface area contributed by atoms with Gasteiger partial charge in [-0.2, -0.15) is 0 Å². The first-order chi connectivity index (χ1) is 16.1. The number of carbonyl (C=O) groups excluding carboxylic acids is 1. The lowest BCUT2D eigenvalue weighted by Gasteiger charge is -2.12. The highest BCUT2D eigenvalue weighted by atomic mass is 32.2. The molecule has 0 aliphatic carbocycles. The van der Waals surface area contributed by atoms with Crippen molar-refractivity contribution >= 4 is 34.1 Å². The summed E-state index contributed by atoms with van der Waals surface area (Å²) in [4.78, 5) is 12.9. The molecular formula is C26H24N4O2S. The van der Waals surface area contributed by atoms with Gasteiger partial charge < -0.3 is 21.1 Å². The number of benzene rings is 4. The molecule has 0 aliphatic rings. The van der Waals surface area contributed by atoms with E-state index in [0.29, 0.717) is 28.5 Å². The highest BCUT2D eigenvalue weighted by Gasteiger charge is 2.11. The second-order valence-electron chi connectivity index (χ2n) is 7.36. The zero-order valence-corrected chi connectivity index (χ0v) is 18.6. The van der Waals surface area contributed by atoms with Crippen LogP contribution in [0.3, 0.4) is 0 Å². The van der Waals surface area contributed by atoms with Crippen molar-refractivity contribution < 1.29 is 9.00 Å². The van der Waals surface area contributed by atoms with Crippen molar-refractivity contribution in [2.45, 2.75) is 11.4 Å². The maximum absolute atomic E-state index is 13.0. The number of anilines is 3. The molecule has 0 aliphatic heterocycles. The zero-order chi connectivity index (χ0) is 23.0. The molecule has 0 radical (unpaired) electrons. The Balaban J connectivity index is 1.36. The molecule has 1 unspecified atom stereocenters. The average molecular weight is 457 g/mol. The predicted molar refractivity (Wildman–Crippen MR) is 135 cm³/mol. The Hall–Kier alpha value is -4.10. The Kier molecular flexibility index (Phi) is 7.02. The summed E-state index contributed by atoms with van der Waals surface area (Å²) in [5.74, 6) is 0. The highest BCUT2D eigenvalue weighted by molar-refractivity contribution is 7.86. The van der Waals surface area contributed by atoms with E-state index in [2.05, 4.69) is 15.4 Å². The summed E-state index contributed by atoms with van der Waals surface area (Å²) < 4.78 is 16.1. The lowest BCUT2D eigenvalue weighted by Crippen LogP contribution is -2.28. The van der Waals surface area contributed by atoms with Gasteiger partial charge in [-0.1, -0.05) is 60.7 Å². The molecule has 1 atom stereocenters. The van der Waals surface area contributed by atoms with Gasteiger partial charge in [0.05, 0.1) is 4.90 Å². The largest absolute Gasteiger partial charge is 0.399 e. The summed E-state index contributed by atoms with van der Waals surface area (Å²) in [6.45, 7) is 0.371. The summed E-state index contributed by atoms with van der Waals surface area (Å²) in [5.41, 5.74) is 10.6. The van der Waals surface area contributed by atoms with E-state index in [9.17, 15) is 9.00 Å². The molecule has 7 heteroatoms. The van der Waals surface area contributed by atoms with Gasteiger partial charge in [-0.05, 0) is 59.2 Å². The van der Waals surface area contributed by atoms with Crippen molar-refractivity contribution in [3.63, 3.8) is 0 Å². The van der Waals surface area contributed by atoms with Crippen LogP contribution in [-0.2, 0) is 17.5 Å². The van der Waals surface area contributed by atoms with Crippen LogP contribution >= 0.6 is 0 Å². The number of hydrogen-bond donors (Lipinski definition) is 4. The van der Waals surface area contributed by atoms with Gasteiger partial charge in [0.15, 0.2) is 11.0 Å². The van der Waals surface area contributed by atoms with Crippen LogP contribution in [-0.4, -0.2) is 10.2 Å². The first-order valence-electron chi connectivity index (χ1n) is 10.4. The van der Waals surface area contributed by atoms with Crippen molar-refractivity contribution in [3.8, 4) is 11.1 Å². The molecule has 0 bridgehead atoms. The van der Waals surface area contributed by atoms with Gasteiger partial charge in [0.25, 0.3) is 0 Å². The molecule has 2 amide bonds. The molecule has 6 nitrogen and oxygen atoms in total. The minimum Gasteiger partial charge on any atom is -0.399 e. The van der Waals surface area contributed by atoms with Crippen LogP contribution in [0.25, 0.3) is 11.1 Å². The van der Waals surface area contributed by atoms with E-state index in [4.69, 9.17) is 5.73 Å². The maximum Gasteiger partial charge on any atom is 0.319 e. The first-order valence-corrected chi connectivity index (χ1v) is 11.6. The molecule has 0 spiro atoms. The summed E-state index contributed by atoms with van der Waals surface area (Å²) in [6.07, 6.45) is 0. The minimum absolute atomic E-state index is 0.321. The number of nitrogens with one attached hydrogen (secondary N) is 3. The van der Waals surface area contributed by atoms with Crippen LogP contribution in [0, 0.1) is 0 Å². The van der Waals surface area contributed by atoms with E-state index in [-0.39, 0.29) is 6.03 Å². The third-order valence-electron chi connectivity index (χ3n) is 4.93. The van der Waals surface area contributed by atoms with Crippen LogP contribution in [0.15, 0.2) is 108 Å². The van der Waals surface area contributed by atoms with Gasteiger partial charge in [0.2, 0.25) is 0 Å². The monoisotopic (exact) mass is 456 g/mol. The summed E-state index contributed by atoms with van der Waals surface area (Å²) in [6, 6.07) is 31.6. The number of amides is 2. The van der Waals surface area contributed by atoms with Crippen molar-refractivity contribution in [1.29, 1.82) is 0 Å². The summed E-state index contributed by atoms with van der Waals surface area (Å²) >= 11 is 0. The number of nitrogens with two attached hydrogens (primary N) is 1. The molecule has 166 valence electrons. The molecule has 0 aromatic heterocycles. The molecule has 33 heavy (non-hydrogen) atoms. The maximum atomic E-state index is 13.0. The van der Waals surface area contributed by atoms with Crippen LogP contribution in [0.4, 0.5) is 21.9 Å². The van der Waals surface area contributed by atoms with E-state index in [1.165, 1.54) is 0 Å². The molecule has 4 aromatic carbocycles. The molecule has 4 aromatic rings. The number of carbonyl (C=O) groups is 1. The minimum atomic E-state index is -1.45. The Morgan fingerprint density at radius 2 is 1.48 bits per heavy atom. The van der Waals surface area contributed by atoms with E-state index in [0.717, 1.165) is 16.7 Å². The molecule has 0 saturated heterocycles. The van der Waals surface area contributed by atoms with Crippen molar-refractivity contribution in [1.82, 2.24) is 5.32 Å². The predicted octanol–water partition coefficient (Wildman–Crippen LogP) is 5.39. The lowest BCUT2D eigenvalue weighted by molar-refractivity contribution is 0.251. The fourth-order valence-corrected chi connectivity index (χ4v) is 4.38. The molecule has 0 heterocycles. The highest BCUT2D eigenvalue weighted by Crippen LogP contribution is 2.27. The smallest absolute Gasteiger partial charge is 0.319 e. The lowest BCUT2D eigenvalue weighted by atomic mass is 10.1. The molecular weight excluding hydrogens is 432 g/mol. The molecule has 5 N–H and O–H groups in total. The van der Waals surface area contributed by atoms with Gasteiger partial charge in [-0.25, -0.2) is 9.00 Å². The number of urea groups is 1. The quantitative estimate of drug-likeness (QED) is 0.281. The summed E-state index contributed by atoms with van der Waals surface area (Å²) in [5, 5.41) is 5.58. The van der Waals surface area contributed by atoms with Crippen LogP contribution < -0.4 is 21.1 Å². The van der Waals surface area contributed by atoms with E-state index in [1.807, 2.05) is 72.8 Å². The second-order valence-corrected chi connectivity index (χ2v) is 8.54. The first kappa shape index (κ1) is 22.1. The fraction of sp³-hybridized carbons (Fsp3) is 0.0385. The van der Waals surface area contributed by atoms with E-state index in [1.54, 1.807) is 30.3 Å². The second kappa shape index (κ2) is 10.5. The van der Waals surface area contributed by atoms with Crippen LogP contribution in [0.1, 0.15) is 5.56 Å². The van der Waals surface area contributed by atoms with Crippen molar-refractivity contribution in [2.75, 3.05) is 15.8 Å². The standard InChI is InChI=1S/C26H24N4O2S/c27-21-10-6-7-19(17-21)18-28-26(31)29-22-13-15-23(16-14-22)30-33(32)25-12-5-4-11-24(25)20-8-2-1-3-9-20/h1-17,30H,18,27H2,(H2,28,29,31). The Morgan fingerprint density at radius 1 is 0.788 bits per heavy atom. The van der Waals surface area contributed by atoms with Gasteiger partial charge in [0.1, 0.15) is 0 Å². The summed E-state index contributed by atoms with van der Waals surface area (Å²) in [7, 11) is -1.45. The topological polar surface area (TPSA) is 96.2 Å². The van der Waals surface area contributed by atoms with Gasteiger partial charge in [-0.15, -0.1) is 0 Å². The average Bonchev–Trinajstić information content (AvgIpc) is 2.84. The third kappa shape index (κ3) is 5.99. The molecule has 4 rings (SSSR count). The van der Waals surface area contributed by atoms with Gasteiger partial charge >= 0.3 is 6.03 Å². The van der Waals surface area contributed by atoms with E-state index < -0.39 is 11.0 Å². The Morgan fingerprint density at radius 3 is 2.24 bits per heavy atom. The zero-order valence-electron chi connectivity index (χ0n) is 17.8.